The van der Waals surface area contributed by atoms with Crippen LogP contribution in [0.2, 0.25) is 5.02 Å². The molecule has 0 atom stereocenters. The largest absolute Gasteiger partial charge is 0.323 e. The van der Waals surface area contributed by atoms with E-state index < -0.39 is 5.82 Å². The van der Waals surface area contributed by atoms with E-state index in [-0.39, 0.29) is 10.5 Å². The molecule has 3 nitrogen and oxygen atoms in total. The van der Waals surface area contributed by atoms with Crippen LogP contribution in [0.3, 0.4) is 0 Å². The first-order chi connectivity index (χ1) is 8.10. The minimum atomic E-state index is -0.504. The van der Waals surface area contributed by atoms with E-state index >= 15 is 0 Å². The van der Waals surface area contributed by atoms with Gasteiger partial charge in [-0.25, -0.2) is 9.37 Å². The number of nitrogens with one attached hydrogen (secondary N) is 1. The molecule has 3 N–H and O–H groups in total. The standard InChI is InChI=1S/C12H13ClFN3/c1-3-9-6(2)11(17-15)7-4-5-8(13)10(14)12(7)16-9/h4-5H,3,15H2,1-2H3,(H,16,17). The van der Waals surface area contributed by atoms with Crippen molar-refractivity contribution in [2.75, 3.05) is 5.43 Å². The van der Waals surface area contributed by atoms with Crippen molar-refractivity contribution < 1.29 is 4.39 Å². The van der Waals surface area contributed by atoms with Crippen LogP contribution in [0.1, 0.15) is 18.2 Å². The van der Waals surface area contributed by atoms with Crippen LogP contribution >= 0.6 is 11.6 Å². The highest BCUT2D eigenvalue weighted by molar-refractivity contribution is 6.31. The average molecular weight is 254 g/mol. The Kier molecular flexibility index (Phi) is 3.17. The number of hydrogen-bond donors (Lipinski definition) is 2. The SMILES string of the molecule is CCc1nc2c(F)c(Cl)ccc2c(NN)c1C. The van der Waals surface area contributed by atoms with Gasteiger partial charge in [-0.1, -0.05) is 18.5 Å². The smallest absolute Gasteiger partial charge is 0.168 e. The minimum absolute atomic E-state index is 0.0684. The summed E-state index contributed by atoms with van der Waals surface area (Å²) < 4.78 is 13.9. The van der Waals surface area contributed by atoms with Crippen molar-refractivity contribution in [2.45, 2.75) is 20.3 Å². The molecule has 0 aliphatic heterocycles. The van der Waals surface area contributed by atoms with Crippen LogP contribution in [0.15, 0.2) is 12.1 Å². The van der Waals surface area contributed by atoms with Crippen molar-refractivity contribution in [3.05, 3.63) is 34.2 Å². The molecule has 1 aromatic heterocycles. The van der Waals surface area contributed by atoms with Gasteiger partial charge < -0.3 is 5.43 Å². The highest BCUT2D eigenvalue weighted by atomic mass is 35.5. The molecular formula is C12H13ClFN3. The zero-order valence-electron chi connectivity index (χ0n) is 9.64. The summed E-state index contributed by atoms with van der Waals surface area (Å²) in [6, 6.07) is 3.22. The van der Waals surface area contributed by atoms with E-state index in [0.29, 0.717) is 17.5 Å². The number of halogens is 2. The fourth-order valence-corrected chi connectivity index (χ4v) is 2.10. The summed E-state index contributed by atoms with van der Waals surface area (Å²) in [4.78, 5) is 4.31. The van der Waals surface area contributed by atoms with Crippen LogP contribution in [0.5, 0.6) is 0 Å². The van der Waals surface area contributed by atoms with Crippen LogP contribution in [0.25, 0.3) is 10.9 Å². The molecule has 0 spiro atoms. The summed E-state index contributed by atoms with van der Waals surface area (Å²) in [6.07, 6.45) is 0.711. The molecule has 5 heteroatoms. The molecule has 0 bridgehead atoms. The van der Waals surface area contributed by atoms with Crippen LogP contribution in [-0.2, 0) is 6.42 Å². The number of nitrogens with zero attached hydrogens (tertiary/aromatic N) is 1. The molecule has 1 aromatic carbocycles. The lowest BCUT2D eigenvalue weighted by Crippen LogP contribution is -2.11. The number of aromatic nitrogens is 1. The molecule has 0 fully saturated rings. The molecule has 0 saturated carbocycles. The van der Waals surface area contributed by atoms with Crippen molar-refractivity contribution in [1.29, 1.82) is 0 Å². The van der Waals surface area contributed by atoms with Gasteiger partial charge in [0, 0.05) is 11.1 Å². The van der Waals surface area contributed by atoms with Gasteiger partial charge in [-0.2, -0.15) is 0 Å². The number of nitrogens with two attached hydrogens (primary N) is 1. The molecule has 0 aliphatic carbocycles. The lowest BCUT2D eigenvalue weighted by atomic mass is 10.1. The third-order valence-electron chi connectivity index (χ3n) is 2.87. The second-order valence-electron chi connectivity index (χ2n) is 3.81. The van der Waals surface area contributed by atoms with E-state index in [1.54, 1.807) is 6.07 Å². The van der Waals surface area contributed by atoms with E-state index in [1.807, 2.05) is 13.8 Å². The zero-order chi connectivity index (χ0) is 12.6. The first kappa shape index (κ1) is 12.1. The molecule has 17 heavy (non-hydrogen) atoms. The van der Waals surface area contributed by atoms with E-state index in [2.05, 4.69) is 10.4 Å². The van der Waals surface area contributed by atoms with Gasteiger partial charge in [0.1, 0.15) is 5.52 Å². The van der Waals surface area contributed by atoms with E-state index in [1.165, 1.54) is 6.07 Å². The molecule has 1 heterocycles. The molecular weight excluding hydrogens is 241 g/mol. The summed E-state index contributed by atoms with van der Waals surface area (Å²) >= 11 is 5.75. The molecule has 0 unspecified atom stereocenters. The lowest BCUT2D eigenvalue weighted by Gasteiger charge is -2.13. The normalized spacial score (nSPS) is 10.9. The van der Waals surface area contributed by atoms with Crippen molar-refractivity contribution in [3.63, 3.8) is 0 Å². The third kappa shape index (κ3) is 1.83. The number of fused-ring (bicyclic) bond motifs is 1. The predicted octanol–water partition coefficient (Wildman–Crippen LogP) is 3.18. The number of benzene rings is 1. The highest BCUT2D eigenvalue weighted by Crippen LogP contribution is 2.31. The Morgan fingerprint density at radius 3 is 2.76 bits per heavy atom. The Labute approximate surface area is 104 Å². The van der Waals surface area contributed by atoms with Gasteiger partial charge in [0.05, 0.1) is 10.7 Å². The average Bonchev–Trinajstić information content (AvgIpc) is 2.33. The zero-order valence-corrected chi connectivity index (χ0v) is 10.4. The summed E-state index contributed by atoms with van der Waals surface area (Å²) in [5.41, 5.74) is 5.31. The lowest BCUT2D eigenvalue weighted by molar-refractivity contribution is 0.636. The molecule has 90 valence electrons. The number of rotatable bonds is 2. The van der Waals surface area contributed by atoms with Crippen molar-refractivity contribution >= 4 is 28.2 Å². The molecule has 0 radical (unpaired) electrons. The third-order valence-corrected chi connectivity index (χ3v) is 3.16. The van der Waals surface area contributed by atoms with Gasteiger partial charge in [-0.15, -0.1) is 0 Å². The van der Waals surface area contributed by atoms with E-state index in [4.69, 9.17) is 17.4 Å². The number of pyridine rings is 1. The maximum atomic E-state index is 13.9. The predicted molar refractivity (Wildman–Crippen MR) is 68.6 cm³/mol. The van der Waals surface area contributed by atoms with Gasteiger partial charge in [0.2, 0.25) is 0 Å². The van der Waals surface area contributed by atoms with Crippen molar-refractivity contribution in [1.82, 2.24) is 4.98 Å². The Morgan fingerprint density at radius 2 is 2.18 bits per heavy atom. The van der Waals surface area contributed by atoms with Gasteiger partial charge in [-0.3, -0.25) is 5.84 Å². The number of hydrogen-bond acceptors (Lipinski definition) is 3. The van der Waals surface area contributed by atoms with E-state index in [0.717, 1.165) is 11.3 Å². The maximum Gasteiger partial charge on any atom is 0.168 e. The highest BCUT2D eigenvalue weighted by Gasteiger charge is 2.14. The van der Waals surface area contributed by atoms with Gasteiger partial charge in [-0.05, 0) is 31.0 Å². The van der Waals surface area contributed by atoms with Crippen LogP contribution in [0, 0.1) is 12.7 Å². The summed E-state index contributed by atoms with van der Waals surface area (Å²) in [7, 11) is 0. The van der Waals surface area contributed by atoms with Gasteiger partial charge in [0.25, 0.3) is 0 Å². The molecule has 0 amide bonds. The topological polar surface area (TPSA) is 50.9 Å². The first-order valence-electron chi connectivity index (χ1n) is 5.34. The fourth-order valence-electron chi connectivity index (χ4n) is 1.95. The molecule has 0 saturated heterocycles. The number of anilines is 1. The van der Waals surface area contributed by atoms with Gasteiger partial charge in [0.15, 0.2) is 5.82 Å². The summed E-state index contributed by atoms with van der Waals surface area (Å²) in [5, 5.41) is 0.711. The Morgan fingerprint density at radius 1 is 1.47 bits per heavy atom. The Balaban J connectivity index is 2.92. The second-order valence-corrected chi connectivity index (χ2v) is 4.22. The van der Waals surface area contributed by atoms with Gasteiger partial charge >= 0.3 is 0 Å². The molecule has 2 aromatic rings. The Bertz CT molecular complexity index is 584. The summed E-state index contributed by atoms with van der Waals surface area (Å²) in [5.74, 6) is 4.99. The number of nitrogen functional groups attached to an aromatic ring is 1. The van der Waals surface area contributed by atoms with E-state index in [9.17, 15) is 4.39 Å². The first-order valence-corrected chi connectivity index (χ1v) is 5.71. The minimum Gasteiger partial charge on any atom is -0.323 e. The maximum absolute atomic E-state index is 13.9. The number of aryl methyl sites for hydroxylation is 1. The quantitative estimate of drug-likeness (QED) is 0.638. The fraction of sp³-hybridized carbons (Fsp3) is 0.250. The molecule has 0 aliphatic rings. The Hall–Kier alpha value is -1.39. The van der Waals surface area contributed by atoms with Crippen LogP contribution < -0.4 is 11.3 Å². The number of hydrazine groups is 1. The van der Waals surface area contributed by atoms with Crippen LogP contribution in [-0.4, -0.2) is 4.98 Å². The van der Waals surface area contributed by atoms with Crippen molar-refractivity contribution in [2.24, 2.45) is 5.84 Å². The van der Waals surface area contributed by atoms with Crippen LogP contribution in [0.4, 0.5) is 10.1 Å². The summed E-state index contributed by atoms with van der Waals surface area (Å²) in [6.45, 7) is 3.87. The molecule has 2 rings (SSSR count). The van der Waals surface area contributed by atoms with Crippen molar-refractivity contribution in [3.8, 4) is 0 Å². The monoisotopic (exact) mass is 253 g/mol. The second kappa shape index (κ2) is 4.47.